The van der Waals surface area contributed by atoms with Crippen LogP contribution >= 0.6 is 0 Å². The predicted molar refractivity (Wildman–Crippen MR) is 85.9 cm³/mol. The Hall–Kier alpha value is -1.33. The van der Waals surface area contributed by atoms with Gasteiger partial charge >= 0.3 is 0 Å². The highest BCUT2D eigenvalue weighted by molar-refractivity contribution is 5.91. The first-order chi connectivity index (χ1) is 10.6. The number of nitrogens with one attached hydrogen (secondary N) is 1. The van der Waals surface area contributed by atoms with Gasteiger partial charge in [0.05, 0.1) is 12.6 Å². The van der Waals surface area contributed by atoms with Crippen molar-refractivity contribution in [3.8, 4) is 0 Å². The van der Waals surface area contributed by atoms with Crippen molar-refractivity contribution in [3.63, 3.8) is 0 Å². The zero-order valence-corrected chi connectivity index (χ0v) is 13.8. The number of hydrogen-bond acceptors (Lipinski definition) is 4. The second kappa shape index (κ2) is 8.96. The second-order valence-electron chi connectivity index (χ2n) is 6.13. The van der Waals surface area contributed by atoms with Gasteiger partial charge in [0.1, 0.15) is 5.76 Å². The number of hydrogen-bond donors (Lipinski definition) is 1. The van der Waals surface area contributed by atoms with Crippen molar-refractivity contribution in [2.24, 2.45) is 0 Å². The number of furan rings is 1. The molecule has 0 spiro atoms. The van der Waals surface area contributed by atoms with Crippen LogP contribution in [0.15, 0.2) is 16.5 Å². The largest absolute Gasteiger partial charge is 0.455 e. The number of ether oxygens (including phenoxy) is 1. The SMILES string of the molecule is CC(C)OCCCNC(=O)c1ccc(CN2CCCCC2)o1. The van der Waals surface area contributed by atoms with E-state index >= 15 is 0 Å². The first-order valence-corrected chi connectivity index (χ1v) is 8.36. The van der Waals surface area contributed by atoms with Crippen molar-refractivity contribution in [2.75, 3.05) is 26.2 Å². The maximum absolute atomic E-state index is 12.0. The number of likely N-dealkylation sites (tertiary alicyclic amines) is 1. The van der Waals surface area contributed by atoms with Gasteiger partial charge in [-0.1, -0.05) is 6.42 Å². The molecule has 1 amide bonds. The molecule has 0 aromatic carbocycles. The molecular weight excluding hydrogens is 280 g/mol. The summed E-state index contributed by atoms with van der Waals surface area (Å²) in [6, 6.07) is 3.67. The molecule has 1 aliphatic rings. The third-order valence-electron chi connectivity index (χ3n) is 3.77. The molecule has 0 aliphatic carbocycles. The Morgan fingerprint density at radius 1 is 1.32 bits per heavy atom. The Morgan fingerprint density at radius 2 is 2.09 bits per heavy atom. The molecule has 0 saturated carbocycles. The van der Waals surface area contributed by atoms with E-state index in [0.717, 1.165) is 31.8 Å². The lowest BCUT2D eigenvalue weighted by Gasteiger charge is -2.25. The van der Waals surface area contributed by atoms with E-state index in [1.165, 1.54) is 19.3 Å². The summed E-state index contributed by atoms with van der Waals surface area (Å²) in [4.78, 5) is 14.4. The number of rotatable bonds is 8. The van der Waals surface area contributed by atoms with Crippen molar-refractivity contribution < 1.29 is 13.9 Å². The molecule has 2 heterocycles. The van der Waals surface area contributed by atoms with E-state index in [0.29, 0.717) is 18.9 Å². The smallest absolute Gasteiger partial charge is 0.286 e. The molecule has 1 aliphatic heterocycles. The van der Waals surface area contributed by atoms with Gasteiger partial charge in [0.15, 0.2) is 5.76 Å². The summed E-state index contributed by atoms with van der Waals surface area (Å²) < 4.78 is 11.1. The first kappa shape index (κ1) is 17.0. The summed E-state index contributed by atoms with van der Waals surface area (Å²) in [7, 11) is 0. The van der Waals surface area contributed by atoms with Crippen molar-refractivity contribution in [1.82, 2.24) is 10.2 Å². The van der Waals surface area contributed by atoms with Crippen LogP contribution in [0.3, 0.4) is 0 Å². The van der Waals surface area contributed by atoms with Gasteiger partial charge in [-0.2, -0.15) is 0 Å². The highest BCUT2D eigenvalue weighted by Crippen LogP contribution is 2.15. The van der Waals surface area contributed by atoms with Gasteiger partial charge in [0, 0.05) is 13.2 Å². The van der Waals surface area contributed by atoms with Crippen molar-refractivity contribution in [2.45, 2.75) is 52.2 Å². The van der Waals surface area contributed by atoms with Crippen LogP contribution in [0.2, 0.25) is 0 Å². The average molecular weight is 308 g/mol. The number of amides is 1. The number of piperidine rings is 1. The standard InChI is InChI=1S/C17H28N2O3/c1-14(2)21-12-6-9-18-17(20)16-8-7-15(22-16)13-19-10-4-3-5-11-19/h7-8,14H,3-6,9-13H2,1-2H3,(H,18,20). The Balaban J connectivity index is 1.69. The van der Waals surface area contributed by atoms with Crippen molar-refractivity contribution in [1.29, 1.82) is 0 Å². The second-order valence-corrected chi connectivity index (χ2v) is 6.13. The first-order valence-electron chi connectivity index (χ1n) is 8.36. The Labute approximate surface area is 133 Å². The van der Waals surface area contributed by atoms with E-state index in [4.69, 9.17) is 9.15 Å². The van der Waals surface area contributed by atoms with Gasteiger partial charge in [0.2, 0.25) is 0 Å². The summed E-state index contributed by atoms with van der Waals surface area (Å²) in [5.41, 5.74) is 0. The summed E-state index contributed by atoms with van der Waals surface area (Å²) in [6.07, 6.45) is 4.88. The maximum Gasteiger partial charge on any atom is 0.286 e. The van der Waals surface area contributed by atoms with Gasteiger partial charge in [-0.05, 0) is 58.3 Å². The van der Waals surface area contributed by atoms with Gasteiger partial charge in [0.25, 0.3) is 5.91 Å². The maximum atomic E-state index is 12.0. The van der Waals surface area contributed by atoms with E-state index in [9.17, 15) is 4.79 Å². The van der Waals surface area contributed by atoms with E-state index < -0.39 is 0 Å². The van der Waals surface area contributed by atoms with Gasteiger partial charge in [-0.25, -0.2) is 0 Å². The third-order valence-corrected chi connectivity index (χ3v) is 3.77. The summed E-state index contributed by atoms with van der Waals surface area (Å²) in [6.45, 7) is 8.33. The lowest BCUT2D eigenvalue weighted by atomic mass is 10.1. The quantitative estimate of drug-likeness (QED) is 0.750. The molecule has 0 unspecified atom stereocenters. The molecule has 124 valence electrons. The highest BCUT2D eigenvalue weighted by Gasteiger charge is 2.15. The minimum Gasteiger partial charge on any atom is -0.455 e. The third kappa shape index (κ3) is 5.81. The van der Waals surface area contributed by atoms with Crippen LogP contribution in [-0.4, -0.2) is 43.2 Å². The van der Waals surface area contributed by atoms with Crippen LogP contribution in [0.4, 0.5) is 0 Å². The van der Waals surface area contributed by atoms with Crippen LogP contribution in [-0.2, 0) is 11.3 Å². The predicted octanol–water partition coefficient (Wildman–Crippen LogP) is 2.81. The number of nitrogens with zero attached hydrogens (tertiary/aromatic N) is 1. The molecule has 0 atom stereocenters. The molecular formula is C17H28N2O3. The normalized spacial score (nSPS) is 16.1. The summed E-state index contributed by atoms with van der Waals surface area (Å²) >= 11 is 0. The minimum absolute atomic E-state index is 0.144. The van der Waals surface area contributed by atoms with Gasteiger partial charge in [-0.3, -0.25) is 9.69 Å². The van der Waals surface area contributed by atoms with Crippen LogP contribution in [0.1, 0.15) is 55.8 Å². The van der Waals surface area contributed by atoms with E-state index in [1.807, 2.05) is 19.9 Å². The average Bonchev–Trinajstić information content (AvgIpc) is 2.96. The minimum atomic E-state index is -0.144. The molecule has 5 heteroatoms. The lowest BCUT2D eigenvalue weighted by Crippen LogP contribution is -2.29. The Bertz CT molecular complexity index is 451. The van der Waals surface area contributed by atoms with Crippen molar-refractivity contribution in [3.05, 3.63) is 23.7 Å². The van der Waals surface area contributed by atoms with Crippen LogP contribution < -0.4 is 5.32 Å². The molecule has 5 nitrogen and oxygen atoms in total. The molecule has 22 heavy (non-hydrogen) atoms. The van der Waals surface area contributed by atoms with E-state index in [1.54, 1.807) is 6.07 Å². The number of carbonyl (C=O) groups is 1. The molecule has 1 aromatic heterocycles. The molecule has 1 N–H and O–H groups in total. The molecule has 1 saturated heterocycles. The monoisotopic (exact) mass is 308 g/mol. The van der Waals surface area contributed by atoms with Crippen LogP contribution in [0.25, 0.3) is 0 Å². The van der Waals surface area contributed by atoms with E-state index in [-0.39, 0.29) is 12.0 Å². The van der Waals surface area contributed by atoms with Gasteiger partial charge < -0.3 is 14.5 Å². The highest BCUT2D eigenvalue weighted by atomic mass is 16.5. The zero-order valence-electron chi connectivity index (χ0n) is 13.8. The molecule has 0 bridgehead atoms. The molecule has 2 rings (SSSR count). The fourth-order valence-electron chi connectivity index (χ4n) is 2.60. The Morgan fingerprint density at radius 3 is 2.82 bits per heavy atom. The topological polar surface area (TPSA) is 54.7 Å². The van der Waals surface area contributed by atoms with Crippen molar-refractivity contribution >= 4 is 5.91 Å². The number of carbonyl (C=O) groups excluding carboxylic acids is 1. The molecule has 1 aromatic rings. The van der Waals surface area contributed by atoms with Gasteiger partial charge in [-0.15, -0.1) is 0 Å². The van der Waals surface area contributed by atoms with E-state index in [2.05, 4.69) is 10.2 Å². The fraction of sp³-hybridized carbons (Fsp3) is 0.706. The van der Waals surface area contributed by atoms with Crippen LogP contribution in [0.5, 0.6) is 0 Å². The molecule has 1 fully saturated rings. The summed E-state index contributed by atoms with van der Waals surface area (Å²) in [5.74, 6) is 1.13. The Kier molecular flexibility index (Phi) is 6.93. The lowest BCUT2D eigenvalue weighted by molar-refractivity contribution is 0.0752. The molecule has 0 radical (unpaired) electrons. The fourth-order valence-corrected chi connectivity index (χ4v) is 2.60. The summed E-state index contributed by atoms with van der Waals surface area (Å²) in [5, 5.41) is 2.86. The zero-order chi connectivity index (χ0) is 15.8. The van der Waals surface area contributed by atoms with Crippen LogP contribution in [0, 0.1) is 0 Å².